The quantitative estimate of drug-likeness (QED) is 0.199. The van der Waals surface area contributed by atoms with Gasteiger partial charge in [0.2, 0.25) is 0 Å². The van der Waals surface area contributed by atoms with Gasteiger partial charge < -0.3 is 4.90 Å². The van der Waals surface area contributed by atoms with Gasteiger partial charge in [-0.25, -0.2) is 0 Å². The Hall–Kier alpha value is -0.0400. The Morgan fingerprint density at radius 2 is 0.720 bits per heavy atom. The van der Waals surface area contributed by atoms with Crippen LogP contribution >= 0.6 is 0 Å². The van der Waals surface area contributed by atoms with E-state index in [0.717, 1.165) is 6.04 Å². The lowest BCUT2D eigenvalue weighted by atomic mass is 9.99. The summed E-state index contributed by atoms with van der Waals surface area (Å²) in [7, 11) is 4.56. The first-order chi connectivity index (χ1) is 12.2. The Kier molecular flexibility index (Phi) is 20.2. The van der Waals surface area contributed by atoms with E-state index in [2.05, 4.69) is 32.8 Å². The molecule has 0 aromatic carbocycles. The van der Waals surface area contributed by atoms with E-state index >= 15 is 0 Å². The average molecular weight is 354 g/mol. The topological polar surface area (TPSA) is 3.24 Å². The molecule has 0 radical (unpaired) electrons. The third-order valence-electron chi connectivity index (χ3n) is 5.76. The molecule has 1 unspecified atom stereocenters. The van der Waals surface area contributed by atoms with E-state index in [9.17, 15) is 0 Å². The SMILES string of the molecule is CCCCCCCCCCCC(CCCCCCCCCC)N(C)C. The van der Waals surface area contributed by atoms with Crippen molar-refractivity contribution in [2.45, 2.75) is 142 Å². The van der Waals surface area contributed by atoms with E-state index in [1.807, 2.05) is 0 Å². The Bertz CT molecular complexity index is 236. The minimum atomic E-state index is 0.824. The van der Waals surface area contributed by atoms with Gasteiger partial charge in [-0.05, 0) is 26.9 Å². The van der Waals surface area contributed by atoms with Gasteiger partial charge in [-0.3, -0.25) is 0 Å². The first-order valence-electron chi connectivity index (χ1n) is 11.9. The molecule has 0 N–H and O–H groups in total. The minimum Gasteiger partial charge on any atom is -0.306 e. The lowest BCUT2D eigenvalue weighted by Gasteiger charge is -2.24. The molecule has 0 aliphatic carbocycles. The summed E-state index contributed by atoms with van der Waals surface area (Å²) in [4.78, 5) is 2.48. The summed E-state index contributed by atoms with van der Waals surface area (Å²) < 4.78 is 0. The van der Waals surface area contributed by atoms with Crippen LogP contribution in [0.15, 0.2) is 0 Å². The summed E-state index contributed by atoms with van der Waals surface area (Å²) >= 11 is 0. The van der Waals surface area contributed by atoms with Crippen LogP contribution in [0.4, 0.5) is 0 Å². The molecule has 25 heavy (non-hydrogen) atoms. The Morgan fingerprint density at radius 3 is 1.00 bits per heavy atom. The van der Waals surface area contributed by atoms with Gasteiger partial charge in [-0.15, -0.1) is 0 Å². The largest absolute Gasteiger partial charge is 0.306 e. The molecule has 0 aromatic heterocycles. The molecule has 0 bridgehead atoms. The van der Waals surface area contributed by atoms with Crippen LogP contribution in [0.3, 0.4) is 0 Å². The highest BCUT2D eigenvalue weighted by atomic mass is 15.1. The maximum Gasteiger partial charge on any atom is 0.00891 e. The maximum atomic E-state index is 2.48. The van der Waals surface area contributed by atoms with Crippen LogP contribution in [0.1, 0.15) is 136 Å². The molecule has 0 saturated carbocycles. The fraction of sp³-hybridized carbons (Fsp3) is 1.00. The maximum absolute atomic E-state index is 2.48. The predicted molar refractivity (Wildman–Crippen MR) is 117 cm³/mol. The fourth-order valence-corrected chi connectivity index (χ4v) is 3.87. The fourth-order valence-electron chi connectivity index (χ4n) is 3.87. The second kappa shape index (κ2) is 20.3. The molecule has 0 aliphatic heterocycles. The van der Waals surface area contributed by atoms with Crippen molar-refractivity contribution in [3.8, 4) is 0 Å². The summed E-state index contributed by atoms with van der Waals surface area (Å²) in [5.41, 5.74) is 0. The Morgan fingerprint density at radius 1 is 0.440 bits per heavy atom. The average Bonchev–Trinajstić information content (AvgIpc) is 2.60. The molecular weight excluding hydrogens is 302 g/mol. The van der Waals surface area contributed by atoms with E-state index in [-0.39, 0.29) is 0 Å². The van der Waals surface area contributed by atoms with Gasteiger partial charge in [0.05, 0.1) is 0 Å². The van der Waals surface area contributed by atoms with Crippen LogP contribution in [0, 0.1) is 0 Å². The highest BCUT2D eigenvalue weighted by Crippen LogP contribution is 2.17. The summed E-state index contributed by atoms with van der Waals surface area (Å²) in [6, 6.07) is 0.824. The highest BCUT2D eigenvalue weighted by Gasteiger charge is 2.10. The minimum absolute atomic E-state index is 0.824. The molecule has 0 aliphatic rings. The van der Waals surface area contributed by atoms with Gasteiger partial charge in [-0.1, -0.05) is 123 Å². The molecule has 0 aromatic rings. The molecule has 1 nitrogen and oxygen atoms in total. The zero-order valence-electron chi connectivity index (χ0n) is 18.5. The van der Waals surface area contributed by atoms with Crippen LogP contribution < -0.4 is 0 Å². The molecule has 0 rings (SSSR count). The monoisotopic (exact) mass is 353 g/mol. The van der Waals surface area contributed by atoms with Crippen molar-refractivity contribution in [3.05, 3.63) is 0 Å². The summed E-state index contributed by atoms with van der Waals surface area (Å²) in [5, 5.41) is 0. The molecule has 152 valence electrons. The van der Waals surface area contributed by atoms with Crippen molar-refractivity contribution in [1.29, 1.82) is 0 Å². The van der Waals surface area contributed by atoms with E-state index in [1.54, 1.807) is 0 Å². The van der Waals surface area contributed by atoms with Crippen LogP contribution in [-0.4, -0.2) is 25.0 Å². The van der Waals surface area contributed by atoms with Gasteiger partial charge in [0.15, 0.2) is 0 Å². The second-order valence-electron chi connectivity index (χ2n) is 8.50. The number of rotatable bonds is 20. The predicted octanol–water partition coefficient (Wildman–Crippen LogP) is 8.37. The van der Waals surface area contributed by atoms with Crippen LogP contribution in [0.5, 0.6) is 0 Å². The van der Waals surface area contributed by atoms with Crippen molar-refractivity contribution in [1.82, 2.24) is 4.90 Å². The smallest absolute Gasteiger partial charge is 0.00891 e. The number of hydrogen-bond acceptors (Lipinski definition) is 1. The van der Waals surface area contributed by atoms with Gasteiger partial charge in [0, 0.05) is 6.04 Å². The summed E-state index contributed by atoms with van der Waals surface area (Å²) in [5.74, 6) is 0. The van der Waals surface area contributed by atoms with E-state index in [4.69, 9.17) is 0 Å². The Balaban J connectivity index is 3.46. The third kappa shape index (κ3) is 18.5. The van der Waals surface area contributed by atoms with Gasteiger partial charge >= 0.3 is 0 Å². The van der Waals surface area contributed by atoms with Crippen molar-refractivity contribution in [3.63, 3.8) is 0 Å². The van der Waals surface area contributed by atoms with E-state index in [0.29, 0.717) is 0 Å². The van der Waals surface area contributed by atoms with Gasteiger partial charge in [-0.2, -0.15) is 0 Å². The highest BCUT2D eigenvalue weighted by molar-refractivity contribution is 4.66. The molecule has 1 atom stereocenters. The van der Waals surface area contributed by atoms with E-state index < -0.39 is 0 Å². The molecular formula is C24H51N. The molecule has 0 spiro atoms. The van der Waals surface area contributed by atoms with Gasteiger partial charge in [0.1, 0.15) is 0 Å². The van der Waals surface area contributed by atoms with E-state index in [1.165, 1.54) is 122 Å². The number of nitrogens with zero attached hydrogens (tertiary/aromatic N) is 1. The summed E-state index contributed by atoms with van der Waals surface area (Å²) in [6.45, 7) is 4.60. The van der Waals surface area contributed by atoms with Crippen molar-refractivity contribution in [2.24, 2.45) is 0 Å². The standard InChI is InChI=1S/C24H51N/c1-5-7-9-11-13-15-17-19-21-23-24(25(3)4)22-20-18-16-14-12-10-8-6-2/h24H,5-23H2,1-4H3. The van der Waals surface area contributed by atoms with Crippen LogP contribution in [-0.2, 0) is 0 Å². The van der Waals surface area contributed by atoms with Crippen molar-refractivity contribution >= 4 is 0 Å². The summed E-state index contributed by atoms with van der Waals surface area (Å²) in [6.07, 6.45) is 27.4. The van der Waals surface area contributed by atoms with Crippen molar-refractivity contribution in [2.75, 3.05) is 14.1 Å². The number of unbranched alkanes of at least 4 members (excludes halogenated alkanes) is 15. The van der Waals surface area contributed by atoms with Gasteiger partial charge in [0.25, 0.3) is 0 Å². The lowest BCUT2D eigenvalue weighted by Crippen LogP contribution is -2.27. The molecule has 1 heteroatoms. The molecule has 0 fully saturated rings. The normalized spacial score (nSPS) is 12.8. The van der Waals surface area contributed by atoms with Crippen molar-refractivity contribution < 1.29 is 0 Å². The molecule has 0 saturated heterocycles. The third-order valence-corrected chi connectivity index (χ3v) is 5.76. The lowest BCUT2D eigenvalue weighted by molar-refractivity contribution is 0.251. The van der Waals surface area contributed by atoms with Crippen LogP contribution in [0.25, 0.3) is 0 Å². The zero-order chi connectivity index (χ0) is 18.6. The number of hydrogen-bond donors (Lipinski definition) is 0. The first kappa shape index (κ1) is 25.0. The van der Waals surface area contributed by atoms with Crippen LogP contribution in [0.2, 0.25) is 0 Å². The zero-order valence-corrected chi connectivity index (χ0v) is 18.5. The Labute approximate surface area is 161 Å². The first-order valence-corrected chi connectivity index (χ1v) is 11.9. The second-order valence-corrected chi connectivity index (χ2v) is 8.50. The molecule has 0 heterocycles. The molecule has 0 amide bonds.